The van der Waals surface area contributed by atoms with Crippen LogP contribution >= 0.6 is 23.2 Å². The average molecular weight is 374 g/mol. The first-order chi connectivity index (χ1) is 12.0. The third-order valence-corrected chi connectivity index (χ3v) is 4.66. The number of carbonyl (C=O) groups is 1. The van der Waals surface area contributed by atoms with Gasteiger partial charge in [-0.25, -0.2) is 4.98 Å². The lowest BCUT2D eigenvalue weighted by molar-refractivity contribution is -0.121. The van der Waals surface area contributed by atoms with Crippen LogP contribution < -0.4 is 5.32 Å². The van der Waals surface area contributed by atoms with Gasteiger partial charge in [-0.3, -0.25) is 4.79 Å². The molecular weight excluding hydrogens is 357 g/mol. The third kappa shape index (κ3) is 4.41. The molecule has 0 aliphatic heterocycles. The Morgan fingerprint density at radius 3 is 2.56 bits per heavy atom. The molecule has 1 heterocycles. The smallest absolute Gasteiger partial charge is 0.224 e. The van der Waals surface area contributed by atoms with Crippen molar-refractivity contribution in [1.29, 1.82) is 0 Å². The molecule has 0 spiro atoms. The Labute approximate surface area is 156 Å². The predicted molar refractivity (Wildman–Crippen MR) is 100 cm³/mol. The maximum Gasteiger partial charge on any atom is 0.224 e. The first-order valence-electron chi connectivity index (χ1n) is 7.84. The van der Waals surface area contributed by atoms with E-state index in [1.54, 1.807) is 30.7 Å². The van der Waals surface area contributed by atoms with E-state index in [1.165, 1.54) is 0 Å². The first-order valence-corrected chi connectivity index (χ1v) is 8.60. The van der Waals surface area contributed by atoms with Crippen molar-refractivity contribution in [2.24, 2.45) is 0 Å². The fourth-order valence-corrected chi connectivity index (χ4v) is 2.88. The first kappa shape index (κ1) is 17.5. The van der Waals surface area contributed by atoms with E-state index in [1.807, 2.05) is 42.0 Å². The van der Waals surface area contributed by atoms with Gasteiger partial charge in [0.25, 0.3) is 0 Å². The van der Waals surface area contributed by atoms with Gasteiger partial charge in [0.05, 0.1) is 28.8 Å². The highest BCUT2D eigenvalue weighted by molar-refractivity contribution is 6.42. The fraction of sp³-hybridized carbons (Fsp3) is 0.158. The van der Waals surface area contributed by atoms with E-state index >= 15 is 0 Å². The number of benzene rings is 2. The Balaban J connectivity index is 1.62. The van der Waals surface area contributed by atoms with Crippen molar-refractivity contribution in [3.8, 4) is 5.69 Å². The number of amides is 1. The SMILES string of the molecule is CC(NC(=O)Cc1ccc(Cl)c(Cl)c1)c1ccc(-n2ccnc2)cc1. The Kier molecular flexibility index (Phi) is 5.41. The third-order valence-electron chi connectivity index (χ3n) is 3.92. The van der Waals surface area contributed by atoms with Crippen LogP contribution in [0.25, 0.3) is 5.69 Å². The van der Waals surface area contributed by atoms with Gasteiger partial charge in [-0.15, -0.1) is 0 Å². The zero-order valence-electron chi connectivity index (χ0n) is 13.6. The van der Waals surface area contributed by atoms with Crippen molar-refractivity contribution in [1.82, 2.24) is 14.9 Å². The molecule has 3 aromatic rings. The maximum absolute atomic E-state index is 12.2. The lowest BCUT2D eigenvalue weighted by atomic mass is 10.1. The molecule has 6 heteroatoms. The van der Waals surface area contributed by atoms with Gasteiger partial charge in [0.1, 0.15) is 0 Å². The molecule has 2 aromatic carbocycles. The van der Waals surface area contributed by atoms with Gasteiger partial charge >= 0.3 is 0 Å². The predicted octanol–water partition coefficient (Wildman–Crippen LogP) is 4.60. The molecule has 4 nitrogen and oxygen atoms in total. The normalized spacial score (nSPS) is 12.0. The van der Waals surface area contributed by atoms with Gasteiger partial charge in [0.15, 0.2) is 0 Å². The van der Waals surface area contributed by atoms with Crippen LogP contribution in [0.3, 0.4) is 0 Å². The molecule has 0 saturated heterocycles. The number of nitrogens with zero attached hydrogens (tertiary/aromatic N) is 2. The number of halogens is 2. The summed E-state index contributed by atoms with van der Waals surface area (Å²) >= 11 is 11.9. The minimum absolute atomic E-state index is 0.0652. The van der Waals surface area contributed by atoms with Crippen molar-refractivity contribution in [2.45, 2.75) is 19.4 Å². The Bertz CT molecular complexity index is 861. The van der Waals surface area contributed by atoms with Crippen LogP contribution in [0.4, 0.5) is 0 Å². The Morgan fingerprint density at radius 1 is 1.16 bits per heavy atom. The van der Waals surface area contributed by atoms with Gasteiger partial charge < -0.3 is 9.88 Å². The highest BCUT2D eigenvalue weighted by Gasteiger charge is 2.11. The summed E-state index contributed by atoms with van der Waals surface area (Å²) in [5.74, 6) is -0.0652. The maximum atomic E-state index is 12.2. The zero-order chi connectivity index (χ0) is 17.8. The van der Waals surface area contributed by atoms with Crippen LogP contribution in [0, 0.1) is 0 Å². The molecule has 1 amide bonds. The quantitative estimate of drug-likeness (QED) is 0.710. The number of carbonyl (C=O) groups excluding carboxylic acids is 1. The number of nitrogens with one attached hydrogen (secondary N) is 1. The lowest BCUT2D eigenvalue weighted by Gasteiger charge is -2.15. The number of hydrogen-bond acceptors (Lipinski definition) is 2. The summed E-state index contributed by atoms with van der Waals surface area (Å²) in [4.78, 5) is 16.3. The minimum atomic E-state index is -0.0906. The summed E-state index contributed by atoms with van der Waals surface area (Å²) in [6.45, 7) is 1.96. The van der Waals surface area contributed by atoms with Crippen molar-refractivity contribution in [2.75, 3.05) is 0 Å². The standard InChI is InChI=1S/C19H17Cl2N3O/c1-13(15-3-5-16(6-4-15)24-9-8-22-12-24)23-19(25)11-14-2-7-17(20)18(21)10-14/h2-10,12-13H,11H2,1H3,(H,23,25). The lowest BCUT2D eigenvalue weighted by Crippen LogP contribution is -2.28. The van der Waals surface area contributed by atoms with Gasteiger partial charge in [0, 0.05) is 18.1 Å². The van der Waals surface area contributed by atoms with Gasteiger partial charge in [-0.1, -0.05) is 41.4 Å². The van der Waals surface area contributed by atoms with Crippen LogP contribution in [0.2, 0.25) is 10.0 Å². The Morgan fingerprint density at radius 2 is 1.92 bits per heavy atom. The number of imidazole rings is 1. The van der Waals surface area contributed by atoms with E-state index < -0.39 is 0 Å². The van der Waals surface area contributed by atoms with Gasteiger partial charge in [-0.05, 0) is 42.3 Å². The minimum Gasteiger partial charge on any atom is -0.349 e. The summed E-state index contributed by atoms with van der Waals surface area (Å²) in [5, 5.41) is 3.94. The topological polar surface area (TPSA) is 46.9 Å². The second-order valence-corrected chi connectivity index (χ2v) is 6.59. The molecule has 0 bridgehead atoms. The average Bonchev–Trinajstić information content (AvgIpc) is 3.13. The molecule has 128 valence electrons. The van der Waals surface area contributed by atoms with E-state index in [2.05, 4.69) is 10.3 Å². The zero-order valence-corrected chi connectivity index (χ0v) is 15.1. The second kappa shape index (κ2) is 7.72. The van der Waals surface area contributed by atoms with Crippen molar-refractivity contribution < 1.29 is 4.79 Å². The molecule has 0 aliphatic carbocycles. The monoisotopic (exact) mass is 373 g/mol. The van der Waals surface area contributed by atoms with Crippen LogP contribution in [0.5, 0.6) is 0 Å². The molecule has 1 unspecified atom stereocenters. The van der Waals surface area contributed by atoms with Gasteiger partial charge in [0.2, 0.25) is 5.91 Å². The van der Waals surface area contributed by atoms with Crippen molar-refractivity contribution in [3.05, 3.63) is 82.4 Å². The molecule has 1 aromatic heterocycles. The largest absolute Gasteiger partial charge is 0.349 e. The summed E-state index contributed by atoms with van der Waals surface area (Å²) in [7, 11) is 0. The molecule has 3 rings (SSSR count). The summed E-state index contributed by atoms with van der Waals surface area (Å²) < 4.78 is 1.93. The molecule has 0 saturated carbocycles. The van der Waals surface area contributed by atoms with Crippen LogP contribution in [0.1, 0.15) is 24.1 Å². The molecule has 25 heavy (non-hydrogen) atoms. The molecule has 1 N–H and O–H groups in total. The fourth-order valence-electron chi connectivity index (χ4n) is 2.56. The van der Waals surface area contributed by atoms with Crippen LogP contribution in [-0.2, 0) is 11.2 Å². The summed E-state index contributed by atoms with van der Waals surface area (Å²) in [6, 6.07) is 13.1. The van der Waals surface area contributed by atoms with E-state index in [-0.39, 0.29) is 18.4 Å². The molecule has 0 radical (unpaired) electrons. The van der Waals surface area contributed by atoms with E-state index in [0.29, 0.717) is 10.0 Å². The molecule has 1 atom stereocenters. The summed E-state index contributed by atoms with van der Waals surface area (Å²) in [5.41, 5.74) is 2.89. The number of aromatic nitrogens is 2. The number of rotatable bonds is 5. The summed E-state index contributed by atoms with van der Waals surface area (Å²) in [6.07, 6.45) is 5.63. The van der Waals surface area contributed by atoms with Crippen LogP contribution in [-0.4, -0.2) is 15.5 Å². The van der Waals surface area contributed by atoms with Crippen molar-refractivity contribution in [3.63, 3.8) is 0 Å². The molecular formula is C19H17Cl2N3O. The molecule has 0 aliphatic rings. The van der Waals surface area contributed by atoms with E-state index in [4.69, 9.17) is 23.2 Å². The van der Waals surface area contributed by atoms with E-state index in [0.717, 1.165) is 16.8 Å². The van der Waals surface area contributed by atoms with Crippen molar-refractivity contribution >= 4 is 29.1 Å². The van der Waals surface area contributed by atoms with Crippen LogP contribution in [0.15, 0.2) is 61.2 Å². The van der Waals surface area contributed by atoms with Gasteiger partial charge in [-0.2, -0.15) is 0 Å². The highest BCUT2D eigenvalue weighted by Crippen LogP contribution is 2.23. The highest BCUT2D eigenvalue weighted by atomic mass is 35.5. The number of hydrogen-bond donors (Lipinski definition) is 1. The van der Waals surface area contributed by atoms with E-state index in [9.17, 15) is 4.79 Å². The second-order valence-electron chi connectivity index (χ2n) is 5.78. The Hall–Kier alpha value is -2.30. The molecule has 0 fully saturated rings.